The second kappa shape index (κ2) is 9.63. The number of anilines is 2. The van der Waals surface area contributed by atoms with Crippen LogP contribution in [0.2, 0.25) is 5.02 Å². The van der Waals surface area contributed by atoms with Gasteiger partial charge in [-0.2, -0.15) is 0 Å². The summed E-state index contributed by atoms with van der Waals surface area (Å²) in [6.07, 6.45) is 1.43. The molecule has 3 aromatic rings. The second-order valence-corrected chi connectivity index (χ2v) is 8.84. The summed E-state index contributed by atoms with van der Waals surface area (Å²) in [6.45, 7) is 3.58. The summed E-state index contributed by atoms with van der Waals surface area (Å²) in [5, 5.41) is 13.7. The second-order valence-electron chi connectivity index (χ2n) is 6.57. The fourth-order valence-corrected chi connectivity index (χ4v) is 4.71. The maximum absolute atomic E-state index is 13.3. The SMILES string of the molecule is C=CCN(c1ccccc1Cl)S(=O)(=O)c1cccc(C(=O)Nc2cccc([N+](=O)[O-])c2)c1. The van der Waals surface area contributed by atoms with Crippen molar-refractivity contribution in [3.05, 3.63) is 106 Å². The fraction of sp³-hybridized carbons (Fsp3) is 0.0455. The number of carbonyl (C=O) groups excluding carboxylic acids is 1. The predicted molar refractivity (Wildman–Crippen MR) is 124 cm³/mol. The molecule has 1 N–H and O–H groups in total. The Balaban J connectivity index is 1.94. The fourth-order valence-electron chi connectivity index (χ4n) is 2.92. The summed E-state index contributed by atoms with van der Waals surface area (Å²) in [7, 11) is -4.08. The van der Waals surface area contributed by atoms with Crippen molar-refractivity contribution < 1.29 is 18.1 Å². The lowest BCUT2D eigenvalue weighted by Gasteiger charge is -2.24. The number of hydrogen-bond acceptors (Lipinski definition) is 5. The molecule has 0 aliphatic rings. The van der Waals surface area contributed by atoms with Crippen molar-refractivity contribution in [3.8, 4) is 0 Å². The number of amides is 1. The standard InChI is InChI=1S/C22H18ClN3O5S/c1-2-13-25(21-12-4-3-11-20(21)23)32(30,31)19-10-5-7-16(14-19)22(27)24-17-8-6-9-18(15-17)26(28)29/h2-12,14-15H,1,13H2,(H,24,27). The number of para-hydroxylation sites is 1. The van der Waals surface area contributed by atoms with Crippen molar-refractivity contribution in [2.75, 3.05) is 16.2 Å². The molecule has 8 nitrogen and oxygen atoms in total. The number of nitrogens with zero attached hydrogens (tertiary/aromatic N) is 2. The van der Waals surface area contributed by atoms with E-state index in [-0.39, 0.29) is 39.1 Å². The molecule has 10 heteroatoms. The van der Waals surface area contributed by atoms with Gasteiger partial charge in [-0.1, -0.05) is 41.9 Å². The van der Waals surface area contributed by atoms with Crippen molar-refractivity contribution >= 4 is 44.6 Å². The van der Waals surface area contributed by atoms with E-state index < -0.39 is 20.9 Å². The number of nitro groups is 1. The first-order valence-corrected chi connectivity index (χ1v) is 11.1. The zero-order valence-electron chi connectivity index (χ0n) is 16.6. The molecule has 0 unspecified atom stereocenters. The number of hydrogen-bond donors (Lipinski definition) is 1. The molecule has 0 saturated carbocycles. The number of carbonyl (C=O) groups is 1. The van der Waals surface area contributed by atoms with Crippen molar-refractivity contribution in [3.63, 3.8) is 0 Å². The molecular formula is C22H18ClN3O5S. The number of sulfonamides is 1. The molecule has 164 valence electrons. The van der Waals surface area contributed by atoms with E-state index in [1.807, 2.05) is 0 Å². The Hall–Kier alpha value is -3.69. The van der Waals surface area contributed by atoms with Gasteiger partial charge in [-0.05, 0) is 36.4 Å². The van der Waals surface area contributed by atoms with Gasteiger partial charge in [0, 0.05) is 23.4 Å². The molecule has 3 rings (SSSR count). The van der Waals surface area contributed by atoms with Crippen LogP contribution in [-0.2, 0) is 10.0 Å². The van der Waals surface area contributed by atoms with Gasteiger partial charge in [-0.15, -0.1) is 6.58 Å². The molecule has 0 atom stereocenters. The van der Waals surface area contributed by atoms with E-state index in [0.29, 0.717) is 0 Å². The van der Waals surface area contributed by atoms with Gasteiger partial charge in [0.2, 0.25) is 0 Å². The highest BCUT2D eigenvalue weighted by Gasteiger charge is 2.26. The van der Waals surface area contributed by atoms with E-state index in [0.717, 1.165) is 4.31 Å². The Labute approximate surface area is 190 Å². The van der Waals surface area contributed by atoms with Crippen LogP contribution in [0.5, 0.6) is 0 Å². The lowest BCUT2D eigenvalue weighted by molar-refractivity contribution is -0.384. The molecule has 0 saturated heterocycles. The third-order valence-electron chi connectivity index (χ3n) is 4.42. The summed E-state index contributed by atoms with van der Waals surface area (Å²) < 4.78 is 27.8. The van der Waals surface area contributed by atoms with Crippen molar-refractivity contribution in [1.82, 2.24) is 0 Å². The molecule has 0 spiro atoms. The van der Waals surface area contributed by atoms with Gasteiger partial charge in [0.1, 0.15) is 0 Å². The molecule has 0 aliphatic carbocycles. The maximum atomic E-state index is 13.3. The summed E-state index contributed by atoms with van der Waals surface area (Å²) in [6, 6.07) is 17.4. The minimum absolute atomic E-state index is 0.0316. The molecular weight excluding hydrogens is 454 g/mol. The molecule has 0 bridgehead atoms. The van der Waals surface area contributed by atoms with Gasteiger partial charge in [-0.3, -0.25) is 19.2 Å². The van der Waals surface area contributed by atoms with Gasteiger partial charge in [0.05, 0.1) is 27.1 Å². The number of halogens is 1. The number of rotatable bonds is 8. The first kappa shape index (κ1) is 23.0. The average Bonchev–Trinajstić information content (AvgIpc) is 2.78. The van der Waals surface area contributed by atoms with Gasteiger partial charge in [0.15, 0.2) is 0 Å². The van der Waals surface area contributed by atoms with E-state index in [9.17, 15) is 23.3 Å². The summed E-state index contributed by atoms with van der Waals surface area (Å²) in [5.74, 6) is -0.615. The highest BCUT2D eigenvalue weighted by atomic mass is 35.5. The Morgan fingerprint density at radius 1 is 1.09 bits per heavy atom. The lowest BCUT2D eigenvalue weighted by Crippen LogP contribution is -2.31. The van der Waals surface area contributed by atoms with Gasteiger partial charge in [-0.25, -0.2) is 8.42 Å². The minimum Gasteiger partial charge on any atom is -0.322 e. The van der Waals surface area contributed by atoms with Crippen LogP contribution in [0.3, 0.4) is 0 Å². The maximum Gasteiger partial charge on any atom is 0.271 e. The van der Waals surface area contributed by atoms with Gasteiger partial charge < -0.3 is 5.32 Å². The lowest BCUT2D eigenvalue weighted by atomic mass is 10.2. The molecule has 0 aromatic heterocycles. The number of non-ortho nitro benzene ring substituents is 1. The zero-order chi connectivity index (χ0) is 23.3. The van der Waals surface area contributed by atoms with Crippen LogP contribution >= 0.6 is 11.6 Å². The number of benzene rings is 3. The average molecular weight is 472 g/mol. The highest BCUT2D eigenvalue weighted by molar-refractivity contribution is 7.92. The van der Waals surface area contributed by atoms with Crippen LogP contribution in [0.1, 0.15) is 10.4 Å². The van der Waals surface area contributed by atoms with Gasteiger partial charge in [0.25, 0.3) is 21.6 Å². The molecule has 1 amide bonds. The van der Waals surface area contributed by atoms with E-state index >= 15 is 0 Å². The number of nitrogens with one attached hydrogen (secondary N) is 1. The van der Waals surface area contributed by atoms with E-state index in [1.165, 1.54) is 54.6 Å². The normalized spacial score (nSPS) is 10.9. The number of nitro benzene ring substituents is 1. The predicted octanol–water partition coefficient (Wildman–Crippen LogP) is 4.88. The van der Waals surface area contributed by atoms with Crippen LogP contribution < -0.4 is 9.62 Å². The van der Waals surface area contributed by atoms with Crippen molar-refractivity contribution in [1.29, 1.82) is 0 Å². The summed E-state index contributed by atoms with van der Waals surface area (Å²) in [4.78, 5) is 22.9. The molecule has 0 heterocycles. The Morgan fingerprint density at radius 2 is 1.81 bits per heavy atom. The van der Waals surface area contributed by atoms with Crippen LogP contribution in [0, 0.1) is 10.1 Å². The first-order chi connectivity index (χ1) is 15.2. The van der Waals surface area contributed by atoms with Crippen molar-refractivity contribution in [2.24, 2.45) is 0 Å². The van der Waals surface area contributed by atoms with Crippen LogP contribution in [0.4, 0.5) is 17.1 Å². The molecule has 3 aromatic carbocycles. The third kappa shape index (κ3) is 4.96. The van der Waals surface area contributed by atoms with Gasteiger partial charge >= 0.3 is 0 Å². The van der Waals surface area contributed by atoms with Crippen LogP contribution in [0.15, 0.2) is 90.3 Å². The monoisotopic (exact) mass is 471 g/mol. The molecule has 0 aliphatic heterocycles. The Bertz CT molecular complexity index is 1290. The molecule has 32 heavy (non-hydrogen) atoms. The van der Waals surface area contributed by atoms with Crippen LogP contribution in [0.25, 0.3) is 0 Å². The topological polar surface area (TPSA) is 110 Å². The first-order valence-electron chi connectivity index (χ1n) is 9.28. The largest absolute Gasteiger partial charge is 0.322 e. The van der Waals surface area contributed by atoms with E-state index in [1.54, 1.807) is 24.3 Å². The zero-order valence-corrected chi connectivity index (χ0v) is 18.2. The quantitative estimate of drug-likeness (QED) is 0.286. The molecule has 0 fully saturated rings. The van der Waals surface area contributed by atoms with E-state index in [4.69, 9.17) is 11.6 Å². The highest BCUT2D eigenvalue weighted by Crippen LogP contribution is 2.30. The van der Waals surface area contributed by atoms with Crippen LogP contribution in [-0.4, -0.2) is 25.8 Å². The molecule has 0 radical (unpaired) electrons. The van der Waals surface area contributed by atoms with Crippen molar-refractivity contribution in [2.45, 2.75) is 4.90 Å². The minimum atomic E-state index is -4.08. The summed E-state index contributed by atoms with van der Waals surface area (Å²) in [5.41, 5.74) is 0.372. The summed E-state index contributed by atoms with van der Waals surface area (Å²) >= 11 is 6.20. The smallest absolute Gasteiger partial charge is 0.271 e. The third-order valence-corrected chi connectivity index (χ3v) is 6.51. The Kier molecular flexibility index (Phi) is 6.92. The Morgan fingerprint density at radius 3 is 2.50 bits per heavy atom. The van der Waals surface area contributed by atoms with E-state index in [2.05, 4.69) is 11.9 Å².